The number of urea groups is 1. The lowest BCUT2D eigenvalue weighted by molar-refractivity contribution is -0.130. The van der Waals surface area contributed by atoms with Gasteiger partial charge in [-0.05, 0) is 104 Å². The average Bonchev–Trinajstić information content (AvgIpc) is 2.97. The van der Waals surface area contributed by atoms with E-state index in [1.807, 2.05) is 13.8 Å². The number of nitrogens with zero attached hydrogens (tertiary/aromatic N) is 1. The molecule has 4 rings (SSSR count). The lowest BCUT2D eigenvalue weighted by Gasteiger charge is -2.26. The van der Waals surface area contributed by atoms with Crippen LogP contribution in [0.15, 0.2) is 69.1 Å². The van der Waals surface area contributed by atoms with Gasteiger partial charge in [0.15, 0.2) is 11.5 Å². The van der Waals surface area contributed by atoms with Crippen LogP contribution in [0.2, 0.25) is 0 Å². The van der Waals surface area contributed by atoms with E-state index in [9.17, 15) is 19.2 Å². The molecule has 0 aliphatic carbocycles. The first kappa shape index (κ1) is 31.8. The summed E-state index contributed by atoms with van der Waals surface area (Å²) >= 11 is 6.94. The van der Waals surface area contributed by atoms with Crippen molar-refractivity contribution in [1.82, 2.24) is 10.2 Å². The standard InChI is InChI=1S/C31H28Br2N2O8/c1-3-11-42-25-10-7-19(15-26(25)41-4-2)16-35-29(37)22(28(36)34-31(35)40)12-20-13-23(32)27(24(33)14-20)43-17-18-5-8-21(9-6-18)30(38)39/h5-10,12-15H,3-4,11,16-17H2,1-2H3,(H,38,39)(H,34,36,40)/b22-12+. The molecule has 0 spiro atoms. The van der Waals surface area contributed by atoms with Gasteiger partial charge in [-0.1, -0.05) is 25.1 Å². The average molecular weight is 716 g/mol. The number of carbonyl (C=O) groups excluding carboxylic acids is 3. The Morgan fingerprint density at radius 2 is 1.58 bits per heavy atom. The van der Waals surface area contributed by atoms with E-state index in [1.54, 1.807) is 42.5 Å². The van der Waals surface area contributed by atoms with Crippen LogP contribution in [0, 0.1) is 0 Å². The quantitative estimate of drug-likeness (QED) is 0.164. The highest BCUT2D eigenvalue weighted by molar-refractivity contribution is 9.11. The molecule has 0 aromatic heterocycles. The van der Waals surface area contributed by atoms with Crippen LogP contribution in [0.25, 0.3) is 6.08 Å². The van der Waals surface area contributed by atoms with E-state index in [0.717, 1.165) is 16.9 Å². The monoisotopic (exact) mass is 714 g/mol. The van der Waals surface area contributed by atoms with Crippen LogP contribution in [0.4, 0.5) is 4.79 Å². The normalized spacial score (nSPS) is 14.1. The van der Waals surface area contributed by atoms with E-state index in [1.165, 1.54) is 18.2 Å². The largest absolute Gasteiger partial charge is 0.490 e. The third kappa shape index (κ3) is 7.82. The molecule has 1 fully saturated rings. The van der Waals surface area contributed by atoms with E-state index >= 15 is 0 Å². The van der Waals surface area contributed by atoms with Crippen molar-refractivity contribution in [2.75, 3.05) is 13.2 Å². The number of barbiturate groups is 1. The zero-order chi connectivity index (χ0) is 31.1. The zero-order valence-corrected chi connectivity index (χ0v) is 26.5. The van der Waals surface area contributed by atoms with Crippen molar-refractivity contribution in [3.05, 3.63) is 91.4 Å². The van der Waals surface area contributed by atoms with Gasteiger partial charge in [-0.15, -0.1) is 0 Å². The van der Waals surface area contributed by atoms with Gasteiger partial charge < -0.3 is 19.3 Å². The Morgan fingerprint density at radius 3 is 2.21 bits per heavy atom. The summed E-state index contributed by atoms with van der Waals surface area (Å²) in [6.07, 6.45) is 2.22. The molecule has 0 saturated carbocycles. The Hall–Kier alpha value is -4.16. The first-order valence-corrected chi connectivity index (χ1v) is 14.9. The second kappa shape index (κ2) is 14.3. The Labute approximate surface area is 264 Å². The number of nitrogens with one attached hydrogen (secondary N) is 1. The van der Waals surface area contributed by atoms with Crippen LogP contribution in [-0.4, -0.2) is 47.0 Å². The fraction of sp³-hybridized carbons (Fsp3) is 0.226. The Balaban J connectivity index is 1.52. The van der Waals surface area contributed by atoms with Crippen molar-refractivity contribution < 1.29 is 38.5 Å². The van der Waals surface area contributed by atoms with Gasteiger partial charge in [-0.3, -0.25) is 19.8 Å². The van der Waals surface area contributed by atoms with Gasteiger partial charge in [0.05, 0.1) is 34.3 Å². The minimum absolute atomic E-state index is 0.0863. The SMILES string of the molecule is CCCOc1ccc(CN2C(=O)NC(=O)/C(=C\c3cc(Br)c(OCc4ccc(C(=O)O)cc4)c(Br)c3)C2=O)cc1OCC. The zero-order valence-electron chi connectivity index (χ0n) is 23.3. The van der Waals surface area contributed by atoms with E-state index in [4.69, 9.17) is 19.3 Å². The number of hydrogen-bond donors (Lipinski definition) is 2. The molecule has 43 heavy (non-hydrogen) atoms. The number of carbonyl (C=O) groups is 4. The number of carboxylic acid groups (broad SMARTS) is 1. The molecule has 0 unspecified atom stereocenters. The molecule has 3 aromatic carbocycles. The van der Waals surface area contributed by atoms with Crippen LogP contribution in [0.3, 0.4) is 0 Å². The van der Waals surface area contributed by atoms with Gasteiger partial charge >= 0.3 is 12.0 Å². The lowest BCUT2D eigenvalue weighted by atomic mass is 10.1. The molecular formula is C31H28Br2N2O8. The van der Waals surface area contributed by atoms with Crippen LogP contribution in [0.1, 0.15) is 47.3 Å². The van der Waals surface area contributed by atoms with Gasteiger partial charge in [-0.25, -0.2) is 9.59 Å². The Bertz CT molecular complexity index is 1560. The van der Waals surface area contributed by atoms with Gasteiger partial charge in [0.2, 0.25) is 0 Å². The first-order valence-electron chi connectivity index (χ1n) is 13.3. The molecule has 1 aliphatic rings. The van der Waals surface area contributed by atoms with Gasteiger partial charge in [-0.2, -0.15) is 0 Å². The highest BCUT2D eigenvalue weighted by Gasteiger charge is 2.36. The fourth-order valence-corrected chi connectivity index (χ4v) is 5.59. The molecule has 1 heterocycles. The number of hydrogen-bond acceptors (Lipinski definition) is 7. The van der Waals surface area contributed by atoms with Crippen molar-refractivity contribution in [2.45, 2.75) is 33.4 Å². The molecule has 1 saturated heterocycles. The van der Waals surface area contributed by atoms with Crippen molar-refractivity contribution in [2.24, 2.45) is 0 Å². The molecule has 0 radical (unpaired) electrons. The Kier molecular flexibility index (Phi) is 10.6. The summed E-state index contributed by atoms with van der Waals surface area (Å²) in [6.45, 7) is 4.85. The molecule has 3 aromatic rings. The van der Waals surface area contributed by atoms with E-state index in [0.29, 0.717) is 50.5 Å². The van der Waals surface area contributed by atoms with Crippen molar-refractivity contribution >= 4 is 61.8 Å². The smallest absolute Gasteiger partial charge is 0.335 e. The molecule has 0 atom stereocenters. The van der Waals surface area contributed by atoms with Crippen LogP contribution >= 0.6 is 31.9 Å². The summed E-state index contributed by atoms with van der Waals surface area (Å²) in [4.78, 5) is 50.8. The minimum Gasteiger partial charge on any atom is -0.490 e. The summed E-state index contributed by atoms with van der Waals surface area (Å²) in [7, 11) is 0. The molecule has 224 valence electrons. The first-order chi connectivity index (χ1) is 20.6. The maximum absolute atomic E-state index is 13.4. The van der Waals surface area contributed by atoms with Crippen molar-refractivity contribution in [1.29, 1.82) is 0 Å². The third-order valence-corrected chi connectivity index (χ3v) is 7.39. The molecule has 1 aliphatic heterocycles. The fourth-order valence-electron chi connectivity index (χ4n) is 4.14. The van der Waals surface area contributed by atoms with Crippen LogP contribution < -0.4 is 19.5 Å². The third-order valence-electron chi connectivity index (χ3n) is 6.21. The summed E-state index contributed by atoms with van der Waals surface area (Å²) in [5.41, 5.74) is 1.85. The number of imide groups is 2. The molecular weight excluding hydrogens is 688 g/mol. The van der Waals surface area contributed by atoms with Gasteiger partial charge in [0, 0.05) is 0 Å². The van der Waals surface area contributed by atoms with Crippen molar-refractivity contribution in [3.8, 4) is 17.2 Å². The number of ether oxygens (including phenoxy) is 3. The number of carboxylic acids is 1. The second-order valence-corrected chi connectivity index (χ2v) is 11.1. The number of benzene rings is 3. The van der Waals surface area contributed by atoms with E-state index in [-0.39, 0.29) is 24.3 Å². The molecule has 2 N–H and O–H groups in total. The van der Waals surface area contributed by atoms with Crippen molar-refractivity contribution in [3.63, 3.8) is 0 Å². The number of rotatable bonds is 12. The molecule has 4 amide bonds. The van der Waals surface area contributed by atoms with Crippen LogP contribution in [-0.2, 0) is 22.7 Å². The molecule has 12 heteroatoms. The Morgan fingerprint density at radius 1 is 0.907 bits per heavy atom. The van der Waals surface area contributed by atoms with E-state index in [2.05, 4.69) is 37.2 Å². The number of amides is 4. The maximum atomic E-state index is 13.4. The topological polar surface area (TPSA) is 131 Å². The van der Waals surface area contributed by atoms with Crippen LogP contribution in [0.5, 0.6) is 17.2 Å². The lowest BCUT2D eigenvalue weighted by Crippen LogP contribution is -2.53. The maximum Gasteiger partial charge on any atom is 0.335 e. The highest BCUT2D eigenvalue weighted by Crippen LogP contribution is 2.36. The summed E-state index contributed by atoms with van der Waals surface area (Å²) in [5.74, 6) is -1.02. The molecule has 0 bridgehead atoms. The summed E-state index contributed by atoms with van der Waals surface area (Å²) in [6, 6.07) is 14.0. The summed E-state index contributed by atoms with van der Waals surface area (Å²) in [5, 5.41) is 11.3. The second-order valence-electron chi connectivity index (χ2n) is 9.38. The minimum atomic E-state index is -1.01. The van der Waals surface area contributed by atoms with E-state index < -0.39 is 23.8 Å². The predicted octanol–water partition coefficient (Wildman–Crippen LogP) is 6.34. The van der Waals surface area contributed by atoms with Gasteiger partial charge in [0.25, 0.3) is 11.8 Å². The number of aromatic carboxylic acids is 1. The summed E-state index contributed by atoms with van der Waals surface area (Å²) < 4.78 is 18.4. The van der Waals surface area contributed by atoms with Gasteiger partial charge in [0.1, 0.15) is 17.9 Å². The molecule has 10 nitrogen and oxygen atoms in total. The number of halogens is 2. The predicted molar refractivity (Wildman–Crippen MR) is 165 cm³/mol. The highest BCUT2D eigenvalue weighted by atomic mass is 79.9.